The molecule has 1 atom stereocenters. The van der Waals surface area contributed by atoms with E-state index in [9.17, 15) is 13.9 Å². The van der Waals surface area contributed by atoms with Crippen molar-refractivity contribution in [3.63, 3.8) is 0 Å². The fourth-order valence-electron chi connectivity index (χ4n) is 2.23. The van der Waals surface area contributed by atoms with E-state index < -0.39 is 17.7 Å². The van der Waals surface area contributed by atoms with Crippen LogP contribution in [0.4, 0.5) is 8.78 Å². The average Bonchev–Trinajstić information content (AvgIpc) is 2.34. The molecular weight excluding hydrogens is 222 g/mol. The summed E-state index contributed by atoms with van der Waals surface area (Å²) in [5.41, 5.74) is 1.20. The monoisotopic (exact) mass is 238 g/mol. The summed E-state index contributed by atoms with van der Waals surface area (Å²) in [6.45, 7) is 0. The number of halogens is 2. The average molecular weight is 238 g/mol. The molecule has 0 aliphatic heterocycles. The van der Waals surface area contributed by atoms with Crippen LogP contribution in [0.2, 0.25) is 0 Å². The lowest BCUT2D eigenvalue weighted by Crippen LogP contribution is -2.05. The number of allylic oxidation sites excluding steroid dienone is 1. The first-order valence-corrected chi connectivity index (χ1v) is 5.98. The SMILES string of the molecule is OC(CC1=CCCCC1)c1cccc(F)c1F. The van der Waals surface area contributed by atoms with Crippen LogP contribution in [0.15, 0.2) is 29.8 Å². The van der Waals surface area contributed by atoms with Crippen molar-refractivity contribution in [2.75, 3.05) is 0 Å². The van der Waals surface area contributed by atoms with Gasteiger partial charge in [-0.05, 0) is 38.2 Å². The van der Waals surface area contributed by atoms with E-state index in [0.29, 0.717) is 6.42 Å². The van der Waals surface area contributed by atoms with Crippen LogP contribution < -0.4 is 0 Å². The van der Waals surface area contributed by atoms with Gasteiger partial charge in [-0.3, -0.25) is 0 Å². The minimum atomic E-state index is -0.949. The van der Waals surface area contributed by atoms with Crippen molar-refractivity contribution in [3.8, 4) is 0 Å². The van der Waals surface area contributed by atoms with Gasteiger partial charge in [0.2, 0.25) is 0 Å². The molecule has 1 nitrogen and oxygen atoms in total. The Kier molecular flexibility index (Phi) is 3.89. The van der Waals surface area contributed by atoms with Gasteiger partial charge in [0.1, 0.15) is 0 Å². The highest BCUT2D eigenvalue weighted by molar-refractivity contribution is 5.23. The Morgan fingerprint density at radius 2 is 2.06 bits per heavy atom. The van der Waals surface area contributed by atoms with Crippen LogP contribution in [0.1, 0.15) is 43.8 Å². The molecular formula is C14H16F2O. The molecule has 0 bridgehead atoms. The smallest absolute Gasteiger partial charge is 0.164 e. The van der Waals surface area contributed by atoms with Gasteiger partial charge >= 0.3 is 0 Å². The molecule has 92 valence electrons. The van der Waals surface area contributed by atoms with Crippen molar-refractivity contribution in [1.29, 1.82) is 0 Å². The van der Waals surface area contributed by atoms with Gasteiger partial charge in [-0.1, -0.05) is 23.8 Å². The Labute approximate surface area is 99.8 Å². The quantitative estimate of drug-likeness (QED) is 0.792. The van der Waals surface area contributed by atoms with Crippen molar-refractivity contribution >= 4 is 0 Å². The molecule has 0 aromatic heterocycles. The van der Waals surface area contributed by atoms with E-state index in [4.69, 9.17) is 0 Å². The van der Waals surface area contributed by atoms with Crippen LogP contribution in [0.25, 0.3) is 0 Å². The minimum absolute atomic E-state index is 0.0523. The number of hydrogen-bond acceptors (Lipinski definition) is 1. The van der Waals surface area contributed by atoms with Gasteiger partial charge in [-0.2, -0.15) is 0 Å². The molecule has 1 unspecified atom stereocenters. The molecule has 1 aromatic carbocycles. The van der Waals surface area contributed by atoms with Gasteiger partial charge in [0.15, 0.2) is 11.6 Å². The largest absolute Gasteiger partial charge is 0.388 e. The Bertz CT molecular complexity index is 426. The second kappa shape index (κ2) is 5.41. The van der Waals surface area contributed by atoms with E-state index >= 15 is 0 Å². The summed E-state index contributed by atoms with van der Waals surface area (Å²) >= 11 is 0. The summed E-state index contributed by atoms with van der Waals surface area (Å²) in [6, 6.07) is 3.92. The molecule has 17 heavy (non-hydrogen) atoms. The highest BCUT2D eigenvalue weighted by atomic mass is 19.2. The van der Waals surface area contributed by atoms with E-state index in [1.165, 1.54) is 18.6 Å². The van der Waals surface area contributed by atoms with Crippen LogP contribution >= 0.6 is 0 Å². The van der Waals surface area contributed by atoms with E-state index in [1.54, 1.807) is 0 Å². The highest BCUT2D eigenvalue weighted by Gasteiger charge is 2.17. The van der Waals surface area contributed by atoms with Crippen LogP contribution in [0, 0.1) is 11.6 Å². The third kappa shape index (κ3) is 2.91. The summed E-state index contributed by atoms with van der Waals surface area (Å²) in [5, 5.41) is 9.93. The first-order valence-electron chi connectivity index (χ1n) is 5.98. The zero-order valence-corrected chi connectivity index (χ0v) is 9.63. The number of rotatable bonds is 3. The van der Waals surface area contributed by atoms with E-state index in [0.717, 1.165) is 30.9 Å². The highest BCUT2D eigenvalue weighted by Crippen LogP contribution is 2.29. The van der Waals surface area contributed by atoms with Crippen molar-refractivity contribution in [1.82, 2.24) is 0 Å². The predicted octanol–water partition coefficient (Wildman–Crippen LogP) is 3.89. The predicted molar refractivity (Wildman–Crippen MR) is 62.5 cm³/mol. The van der Waals surface area contributed by atoms with E-state index in [1.807, 2.05) is 0 Å². The van der Waals surface area contributed by atoms with Crippen LogP contribution in [-0.4, -0.2) is 5.11 Å². The second-order valence-corrected chi connectivity index (χ2v) is 4.47. The van der Waals surface area contributed by atoms with Gasteiger partial charge in [-0.15, -0.1) is 0 Å². The number of aliphatic hydroxyl groups excluding tert-OH is 1. The van der Waals surface area contributed by atoms with Crippen LogP contribution in [-0.2, 0) is 0 Å². The van der Waals surface area contributed by atoms with Crippen molar-refractivity contribution < 1.29 is 13.9 Å². The maximum Gasteiger partial charge on any atom is 0.164 e. The zero-order chi connectivity index (χ0) is 12.3. The standard InChI is InChI=1S/C14H16F2O/c15-12-8-4-7-11(14(12)16)13(17)9-10-5-2-1-3-6-10/h4-5,7-8,13,17H,1-3,6,9H2. The lowest BCUT2D eigenvalue weighted by Gasteiger charge is -2.17. The molecule has 1 aliphatic carbocycles. The lowest BCUT2D eigenvalue weighted by atomic mass is 9.93. The van der Waals surface area contributed by atoms with Crippen molar-refractivity contribution in [3.05, 3.63) is 47.0 Å². The molecule has 0 radical (unpaired) electrons. The first kappa shape index (κ1) is 12.2. The third-order valence-corrected chi connectivity index (χ3v) is 3.18. The number of benzene rings is 1. The number of hydrogen-bond donors (Lipinski definition) is 1. The summed E-state index contributed by atoms with van der Waals surface area (Å²) in [7, 11) is 0. The summed E-state index contributed by atoms with van der Waals surface area (Å²) in [6.07, 6.45) is 5.82. The molecule has 1 aliphatic rings. The lowest BCUT2D eigenvalue weighted by molar-refractivity contribution is 0.170. The molecule has 0 heterocycles. The Hall–Kier alpha value is -1.22. The normalized spacial score (nSPS) is 17.7. The Morgan fingerprint density at radius 1 is 1.24 bits per heavy atom. The van der Waals surface area contributed by atoms with Crippen LogP contribution in [0.5, 0.6) is 0 Å². The third-order valence-electron chi connectivity index (χ3n) is 3.18. The molecule has 0 amide bonds. The molecule has 0 saturated heterocycles. The van der Waals surface area contributed by atoms with E-state index in [-0.39, 0.29) is 5.56 Å². The summed E-state index contributed by atoms with van der Waals surface area (Å²) < 4.78 is 26.5. The zero-order valence-electron chi connectivity index (χ0n) is 9.63. The molecule has 0 spiro atoms. The van der Waals surface area contributed by atoms with Gasteiger partial charge in [-0.25, -0.2) is 8.78 Å². The van der Waals surface area contributed by atoms with Gasteiger partial charge in [0, 0.05) is 5.56 Å². The van der Waals surface area contributed by atoms with E-state index in [2.05, 4.69) is 6.08 Å². The topological polar surface area (TPSA) is 20.2 Å². The van der Waals surface area contributed by atoms with Gasteiger partial charge in [0.05, 0.1) is 6.10 Å². The molecule has 1 aromatic rings. The first-order chi connectivity index (χ1) is 8.18. The molecule has 2 rings (SSSR count). The molecule has 0 saturated carbocycles. The number of aliphatic hydroxyl groups is 1. The minimum Gasteiger partial charge on any atom is -0.388 e. The summed E-state index contributed by atoms with van der Waals surface area (Å²) in [5.74, 6) is -1.84. The fourth-order valence-corrected chi connectivity index (χ4v) is 2.23. The molecule has 0 fully saturated rings. The van der Waals surface area contributed by atoms with Crippen LogP contribution in [0.3, 0.4) is 0 Å². The molecule has 3 heteroatoms. The Balaban J connectivity index is 2.11. The summed E-state index contributed by atoms with van der Waals surface area (Å²) in [4.78, 5) is 0. The Morgan fingerprint density at radius 3 is 2.76 bits per heavy atom. The van der Waals surface area contributed by atoms with Crippen molar-refractivity contribution in [2.24, 2.45) is 0 Å². The fraction of sp³-hybridized carbons (Fsp3) is 0.429. The van der Waals surface area contributed by atoms with Gasteiger partial charge < -0.3 is 5.11 Å². The maximum absolute atomic E-state index is 13.5. The van der Waals surface area contributed by atoms with Gasteiger partial charge in [0.25, 0.3) is 0 Å². The van der Waals surface area contributed by atoms with Crippen molar-refractivity contribution in [2.45, 2.75) is 38.2 Å². The maximum atomic E-state index is 13.5. The molecule has 1 N–H and O–H groups in total. The second-order valence-electron chi connectivity index (χ2n) is 4.47.